The third-order valence-corrected chi connectivity index (χ3v) is 2.82. The van der Waals surface area contributed by atoms with Gasteiger partial charge in [0.1, 0.15) is 6.29 Å². The maximum absolute atomic E-state index is 11.3. The summed E-state index contributed by atoms with van der Waals surface area (Å²) in [6, 6.07) is 0. The molecule has 0 aromatic carbocycles. The van der Waals surface area contributed by atoms with Crippen molar-refractivity contribution in [3.63, 3.8) is 0 Å². The summed E-state index contributed by atoms with van der Waals surface area (Å²) in [5.41, 5.74) is -1.06. The van der Waals surface area contributed by atoms with Crippen LogP contribution in [0.1, 0.15) is 19.8 Å². The van der Waals surface area contributed by atoms with Crippen molar-refractivity contribution >= 4 is 23.3 Å². The highest BCUT2D eigenvalue weighted by Gasteiger charge is 2.35. The number of aldehydes is 1. The van der Waals surface area contributed by atoms with E-state index in [1.807, 2.05) is 0 Å². The molecule has 0 fully saturated rings. The van der Waals surface area contributed by atoms with E-state index in [0.29, 0.717) is 6.29 Å². The molecule has 6 heteroatoms. The Morgan fingerprint density at radius 2 is 2.21 bits per heavy atom. The van der Waals surface area contributed by atoms with Gasteiger partial charge in [0.15, 0.2) is 11.1 Å². The van der Waals surface area contributed by atoms with Gasteiger partial charge < -0.3 is 14.1 Å². The van der Waals surface area contributed by atoms with Crippen molar-refractivity contribution in [3.8, 4) is 0 Å². The maximum atomic E-state index is 11.3. The third kappa shape index (κ3) is 3.97. The van der Waals surface area contributed by atoms with E-state index in [1.54, 1.807) is 0 Å². The Morgan fingerprint density at radius 1 is 1.64 bits per heavy atom. The van der Waals surface area contributed by atoms with E-state index in [1.165, 1.54) is 14.0 Å². The Bertz CT molecular complexity index is 240. The molecule has 0 amide bonds. The summed E-state index contributed by atoms with van der Waals surface area (Å²) < 4.78 is 23.8. The van der Waals surface area contributed by atoms with Gasteiger partial charge in [-0.1, -0.05) is 0 Å². The Kier molecular flexibility index (Phi) is 5.56. The molecule has 2 atom stereocenters. The van der Waals surface area contributed by atoms with E-state index < -0.39 is 22.5 Å². The fourth-order valence-electron chi connectivity index (χ4n) is 1.13. The number of carbonyl (C=O) groups is 2. The summed E-state index contributed by atoms with van der Waals surface area (Å²) in [5.74, 6) is -0.783. The molecule has 0 aromatic rings. The van der Waals surface area contributed by atoms with Crippen LogP contribution in [0.25, 0.3) is 0 Å². The van der Waals surface area contributed by atoms with E-state index in [-0.39, 0.29) is 18.6 Å². The molecule has 0 rings (SSSR count). The molecule has 5 nitrogen and oxygen atoms in total. The van der Waals surface area contributed by atoms with Crippen molar-refractivity contribution < 1.29 is 23.1 Å². The average molecular weight is 222 g/mol. The minimum atomic E-state index is -2.08. The molecule has 0 aromatic heterocycles. The molecule has 2 unspecified atom stereocenters. The predicted octanol–water partition coefficient (Wildman–Crippen LogP) is 0.366. The van der Waals surface area contributed by atoms with E-state index in [4.69, 9.17) is 4.55 Å². The van der Waals surface area contributed by atoms with Crippen LogP contribution in [-0.2, 0) is 25.4 Å². The summed E-state index contributed by atoms with van der Waals surface area (Å²) in [7, 11) is 1.21. The first kappa shape index (κ1) is 13.2. The highest BCUT2D eigenvalue weighted by Crippen LogP contribution is 2.25. The van der Waals surface area contributed by atoms with Crippen LogP contribution in [0.15, 0.2) is 0 Å². The monoisotopic (exact) mass is 222 g/mol. The summed E-state index contributed by atoms with van der Waals surface area (Å²) in [5, 5.41) is 0. The lowest BCUT2D eigenvalue weighted by atomic mass is 9.88. The van der Waals surface area contributed by atoms with E-state index >= 15 is 0 Å². The molecular weight excluding hydrogens is 208 g/mol. The van der Waals surface area contributed by atoms with Gasteiger partial charge in [0, 0.05) is 6.42 Å². The lowest BCUT2D eigenvalue weighted by molar-refractivity contribution is -0.150. The number of ether oxygens (including phenoxy) is 1. The van der Waals surface area contributed by atoms with Gasteiger partial charge in [-0.15, -0.1) is 0 Å². The van der Waals surface area contributed by atoms with Crippen LogP contribution in [0.3, 0.4) is 0 Å². The molecule has 1 N–H and O–H groups in total. The zero-order chi connectivity index (χ0) is 11.2. The van der Waals surface area contributed by atoms with Crippen molar-refractivity contribution in [2.75, 3.05) is 12.9 Å². The largest absolute Gasteiger partial charge is 0.469 e. The van der Waals surface area contributed by atoms with E-state index in [0.717, 1.165) is 0 Å². The van der Waals surface area contributed by atoms with Crippen molar-refractivity contribution in [1.82, 2.24) is 0 Å². The molecule has 0 saturated carbocycles. The van der Waals surface area contributed by atoms with Crippen molar-refractivity contribution in [1.29, 1.82) is 0 Å². The average Bonchev–Trinajstić information content (AvgIpc) is 2.12. The summed E-state index contributed by atoms with van der Waals surface area (Å²) in [6.07, 6.45) is 1.06. The van der Waals surface area contributed by atoms with Crippen LogP contribution in [0, 0.1) is 5.41 Å². The fourth-order valence-corrected chi connectivity index (χ4v) is 1.94. The fraction of sp³-hybridized carbons (Fsp3) is 0.750. The van der Waals surface area contributed by atoms with Crippen LogP contribution in [0.4, 0.5) is 0 Å². The summed E-state index contributed by atoms with van der Waals surface area (Å²) in [6.45, 7) is 1.51. The van der Waals surface area contributed by atoms with Gasteiger partial charge in [0.25, 0.3) is 0 Å². The van der Waals surface area contributed by atoms with Crippen molar-refractivity contribution in [3.05, 3.63) is 0 Å². The minimum Gasteiger partial charge on any atom is -0.469 e. The summed E-state index contributed by atoms with van der Waals surface area (Å²) >= 11 is -2.08. The molecular formula is C8H14O5S. The molecule has 0 saturated heterocycles. The molecule has 0 bridgehead atoms. The first-order valence-electron chi connectivity index (χ1n) is 4.06. The quantitative estimate of drug-likeness (QED) is 0.399. The second-order valence-electron chi connectivity index (χ2n) is 3.22. The second-order valence-corrected chi connectivity index (χ2v) is 4.16. The second kappa shape index (κ2) is 5.87. The standard InChI is InChI=1S/C8H14O5S/c1-8(4-3-5-9,6-14(11)12)7(10)13-2/h5H,3-4,6H2,1-2H3,(H,11,12). The first-order chi connectivity index (χ1) is 6.46. The Labute approximate surface area is 85.1 Å². The molecule has 0 aliphatic rings. The predicted molar refractivity (Wildman–Crippen MR) is 51.1 cm³/mol. The zero-order valence-corrected chi connectivity index (χ0v) is 9.00. The van der Waals surface area contributed by atoms with Gasteiger partial charge in [-0.25, -0.2) is 4.21 Å². The van der Waals surface area contributed by atoms with Crippen molar-refractivity contribution in [2.24, 2.45) is 5.41 Å². The zero-order valence-electron chi connectivity index (χ0n) is 8.19. The highest BCUT2D eigenvalue weighted by atomic mass is 32.2. The van der Waals surface area contributed by atoms with Gasteiger partial charge >= 0.3 is 5.97 Å². The van der Waals surface area contributed by atoms with Gasteiger partial charge in [-0.05, 0) is 13.3 Å². The van der Waals surface area contributed by atoms with Gasteiger partial charge in [-0.3, -0.25) is 4.79 Å². The number of carbonyl (C=O) groups excluding carboxylic acids is 2. The highest BCUT2D eigenvalue weighted by molar-refractivity contribution is 7.79. The van der Waals surface area contributed by atoms with E-state index in [2.05, 4.69) is 4.74 Å². The van der Waals surface area contributed by atoms with Gasteiger partial charge in [0.05, 0.1) is 18.3 Å². The third-order valence-electron chi connectivity index (χ3n) is 1.93. The maximum Gasteiger partial charge on any atom is 0.312 e. The van der Waals surface area contributed by atoms with Crippen LogP contribution in [0.2, 0.25) is 0 Å². The van der Waals surface area contributed by atoms with Crippen LogP contribution < -0.4 is 0 Å². The Hall–Kier alpha value is -0.750. The number of rotatable bonds is 6. The lowest BCUT2D eigenvalue weighted by Crippen LogP contribution is -2.34. The molecule has 0 spiro atoms. The van der Waals surface area contributed by atoms with Gasteiger partial charge in [0.2, 0.25) is 0 Å². The number of esters is 1. The van der Waals surface area contributed by atoms with Crippen LogP contribution >= 0.6 is 0 Å². The number of hydrogen-bond acceptors (Lipinski definition) is 4. The first-order valence-corrected chi connectivity index (χ1v) is 5.33. The summed E-state index contributed by atoms with van der Waals surface area (Å²) in [4.78, 5) is 21.4. The number of hydrogen-bond donors (Lipinski definition) is 1. The molecule has 0 heterocycles. The molecule has 14 heavy (non-hydrogen) atoms. The van der Waals surface area contributed by atoms with Gasteiger partial charge in [-0.2, -0.15) is 0 Å². The number of methoxy groups -OCH3 is 1. The van der Waals surface area contributed by atoms with E-state index in [9.17, 15) is 13.8 Å². The topological polar surface area (TPSA) is 80.7 Å². The Morgan fingerprint density at radius 3 is 2.57 bits per heavy atom. The molecule has 0 aliphatic carbocycles. The molecule has 82 valence electrons. The lowest BCUT2D eigenvalue weighted by Gasteiger charge is -2.23. The smallest absolute Gasteiger partial charge is 0.312 e. The van der Waals surface area contributed by atoms with Crippen LogP contribution in [-0.4, -0.2) is 33.9 Å². The molecule has 0 aliphatic heterocycles. The minimum absolute atomic E-state index is 0.169. The Balaban J connectivity index is 4.55. The molecule has 0 radical (unpaired) electrons. The SMILES string of the molecule is COC(=O)C(C)(CCC=O)CS(=O)O. The van der Waals surface area contributed by atoms with Crippen molar-refractivity contribution in [2.45, 2.75) is 19.8 Å². The normalized spacial score (nSPS) is 16.8. The van der Waals surface area contributed by atoms with Crippen LogP contribution in [0.5, 0.6) is 0 Å².